The van der Waals surface area contributed by atoms with E-state index in [0.717, 1.165) is 11.1 Å². The SMILES string of the molecule is CN=CC(C(=N)c1ccc(C#N)nc1)c1cnc2ccc(Cl)nc2c1. The zero-order valence-corrected chi connectivity index (χ0v) is 14.1. The third kappa shape index (κ3) is 3.52. The summed E-state index contributed by atoms with van der Waals surface area (Å²) in [6.07, 6.45) is 4.89. The molecule has 0 aliphatic carbocycles. The van der Waals surface area contributed by atoms with E-state index < -0.39 is 5.92 Å². The van der Waals surface area contributed by atoms with Gasteiger partial charge in [0, 0.05) is 31.2 Å². The van der Waals surface area contributed by atoms with E-state index in [-0.39, 0.29) is 0 Å². The fourth-order valence-electron chi connectivity index (χ4n) is 2.44. The van der Waals surface area contributed by atoms with Crippen LogP contribution in [0.3, 0.4) is 0 Å². The summed E-state index contributed by atoms with van der Waals surface area (Å²) in [6.45, 7) is 0. The van der Waals surface area contributed by atoms with Gasteiger partial charge >= 0.3 is 0 Å². The van der Waals surface area contributed by atoms with Crippen LogP contribution in [0, 0.1) is 16.7 Å². The minimum absolute atomic E-state index is 0.309. The van der Waals surface area contributed by atoms with Crippen molar-refractivity contribution in [1.29, 1.82) is 10.7 Å². The van der Waals surface area contributed by atoms with Gasteiger partial charge in [-0.05, 0) is 35.9 Å². The summed E-state index contributed by atoms with van der Waals surface area (Å²) in [7, 11) is 1.65. The maximum Gasteiger partial charge on any atom is 0.140 e. The van der Waals surface area contributed by atoms with Crippen molar-refractivity contribution in [2.24, 2.45) is 4.99 Å². The number of nitrogens with zero attached hydrogens (tertiary/aromatic N) is 5. The topological polar surface area (TPSA) is 98.7 Å². The van der Waals surface area contributed by atoms with E-state index in [9.17, 15) is 0 Å². The van der Waals surface area contributed by atoms with Crippen molar-refractivity contribution >= 4 is 34.6 Å². The Morgan fingerprint density at radius 1 is 1.24 bits per heavy atom. The second-order valence-electron chi connectivity index (χ2n) is 5.28. The van der Waals surface area contributed by atoms with Crippen LogP contribution >= 0.6 is 11.6 Å². The molecule has 1 atom stereocenters. The van der Waals surface area contributed by atoms with Gasteiger partial charge in [0.05, 0.1) is 22.7 Å². The molecular formula is C18H13ClN6. The second-order valence-corrected chi connectivity index (χ2v) is 5.67. The highest BCUT2D eigenvalue weighted by Crippen LogP contribution is 2.22. The molecule has 1 N–H and O–H groups in total. The molecule has 3 aromatic heterocycles. The number of hydrogen-bond acceptors (Lipinski definition) is 6. The van der Waals surface area contributed by atoms with Crippen molar-refractivity contribution in [2.75, 3.05) is 7.05 Å². The van der Waals surface area contributed by atoms with E-state index in [4.69, 9.17) is 22.3 Å². The van der Waals surface area contributed by atoms with Gasteiger partial charge in [-0.25, -0.2) is 9.97 Å². The minimum atomic E-state index is -0.405. The summed E-state index contributed by atoms with van der Waals surface area (Å²) in [5.74, 6) is -0.405. The molecule has 25 heavy (non-hydrogen) atoms. The Balaban J connectivity index is 2.02. The lowest BCUT2D eigenvalue weighted by molar-refractivity contribution is 1.14. The van der Waals surface area contributed by atoms with Gasteiger partial charge in [0.25, 0.3) is 0 Å². The fraction of sp³-hybridized carbons (Fsp3) is 0.111. The van der Waals surface area contributed by atoms with Crippen LogP contribution in [0.2, 0.25) is 5.15 Å². The largest absolute Gasteiger partial charge is 0.304 e. The van der Waals surface area contributed by atoms with E-state index in [1.165, 1.54) is 6.20 Å². The quantitative estimate of drug-likeness (QED) is 0.577. The van der Waals surface area contributed by atoms with Gasteiger partial charge in [-0.15, -0.1) is 0 Å². The van der Waals surface area contributed by atoms with E-state index in [2.05, 4.69) is 19.9 Å². The molecule has 0 bridgehead atoms. The van der Waals surface area contributed by atoms with Crippen LogP contribution in [0.25, 0.3) is 11.0 Å². The number of halogens is 1. The summed E-state index contributed by atoms with van der Waals surface area (Å²) in [5.41, 5.74) is 3.40. The van der Waals surface area contributed by atoms with Crippen LogP contribution in [-0.2, 0) is 0 Å². The number of aromatic nitrogens is 3. The number of hydrogen-bond donors (Lipinski definition) is 1. The van der Waals surface area contributed by atoms with Gasteiger partial charge in [0.1, 0.15) is 16.9 Å². The van der Waals surface area contributed by atoms with Gasteiger partial charge in [0.15, 0.2) is 0 Å². The Morgan fingerprint density at radius 3 is 2.76 bits per heavy atom. The Hall–Kier alpha value is -3.17. The first-order valence-electron chi connectivity index (χ1n) is 7.42. The molecule has 6 nitrogen and oxygen atoms in total. The lowest BCUT2D eigenvalue weighted by atomic mass is 9.92. The third-order valence-electron chi connectivity index (χ3n) is 3.68. The lowest BCUT2D eigenvalue weighted by Gasteiger charge is -2.14. The highest BCUT2D eigenvalue weighted by Gasteiger charge is 2.18. The van der Waals surface area contributed by atoms with Crippen LogP contribution < -0.4 is 0 Å². The van der Waals surface area contributed by atoms with Gasteiger partial charge in [0.2, 0.25) is 0 Å². The zero-order valence-electron chi connectivity index (χ0n) is 13.3. The maximum atomic E-state index is 8.85. The average molecular weight is 349 g/mol. The fourth-order valence-corrected chi connectivity index (χ4v) is 2.60. The Morgan fingerprint density at radius 2 is 2.08 bits per heavy atom. The molecule has 3 aromatic rings. The molecule has 3 heterocycles. The van der Waals surface area contributed by atoms with E-state index >= 15 is 0 Å². The molecule has 0 aliphatic heterocycles. The molecule has 3 rings (SSSR count). The Bertz CT molecular complexity index is 1000. The molecule has 0 radical (unpaired) electrons. The molecule has 1 unspecified atom stereocenters. The van der Waals surface area contributed by atoms with Crippen molar-refractivity contribution in [1.82, 2.24) is 15.0 Å². The predicted octanol–water partition coefficient (Wildman–Crippen LogP) is 3.40. The van der Waals surface area contributed by atoms with E-state index in [1.807, 2.05) is 12.1 Å². The number of nitrogens with one attached hydrogen (secondary N) is 1. The number of pyridine rings is 3. The van der Waals surface area contributed by atoms with Crippen LogP contribution in [0.15, 0.2) is 47.7 Å². The van der Waals surface area contributed by atoms with Gasteiger partial charge in [-0.1, -0.05) is 11.6 Å². The van der Waals surface area contributed by atoms with Gasteiger partial charge in [-0.3, -0.25) is 9.98 Å². The molecule has 7 heteroatoms. The zero-order chi connectivity index (χ0) is 17.8. The molecule has 0 fully saturated rings. The third-order valence-corrected chi connectivity index (χ3v) is 3.89. The highest BCUT2D eigenvalue weighted by atomic mass is 35.5. The summed E-state index contributed by atoms with van der Waals surface area (Å²) in [4.78, 5) is 16.8. The molecular weight excluding hydrogens is 336 g/mol. The normalized spacial score (nSPS) is 12.2. The Labute approximate surface area is 149 Å². The first-order valence-corrected chi connectivity index (χ1v) is 7.79. The van der Waals surface area contributed by atoms with Crippen molar-refractivity contribution in [3.8, 4) is 6.07 Å². The summed E-state index contributed by atoms with van der Waals surface area (Å²) in [6, 6.07) is 10.6. The summed E-state index contributed by atoms with van der Waals surface area (Å²) >= 11 is 5.96. The maximum absolute atomic E-state index is 8.85. The van der Waals surface area contributed by atoms with Crippen LogP contribution in [-0.4, -0.2) is 33.9 Å². The van der Waals surface area contributed by atoms with Crippen LogP contribution in [0.1, 0.15) is 22.7 Å². The van der Waals surface area contributed by atoms with Gasteiger partial charge in [-0.2, -0.15) is 5.26 Å². The molecule has 0 aromatic carbocycles. The van der Waals surface area contributed by atoms with E-state index in [0.29, 0.717) is 27.6 Å². The van der Waals surface area contributed by atoms with Crippen molar-refractivity contribution < 1.29 is 0 Å². The molecule has 0 amide bonds. The predicted molar refractivity (Wildman–Crippen MR) is 97.5 cm³/mol. The minimum Gasteiger partial charge on any atom is -0.304 e. The van der Waals surface area contributed by atoms with Crippen molar-refractivity contribution in [3.63, 3.8) is 0 Å². The molecule has 0 saturated carbocycles. The molecule has 122 valence electrons. The molecule has 0 aliphatic rings. The summed E-state index contributed by atoms with van der Waals surface area (Å²) < 4.78 is 0. The van der Waals surface area contributed by atoms with Gasteiger partial charge < -0.3 is 5.41 Å². The lowest BCUT2D eigenvalue weighted by Crippen LogP contribution is -2.15. The van der Waals surface area contributed by atoms with Crippen molar-refractivity contribution in [3.05, 3.63) is 64.7 Å². The second kappa shape index (κ2) is 7.16. The number of rotatable bonds is 4. The first-order chi connectivity index (χ1) is 12.1. The summed E-state index contributed by atoms with van der Waals surface area (Å²) in [5, 5.41) is 17.8. The number of nitriles is 1. The molecule has 0 spiro atoms. The van der Waals surface area contributed by atoms with E-state index in [1.54, 1.807) is 43.7 Å². The number of aliphatic imine (C=N–C) groups is 1. The smallest absolute Gasteiger partial charge is 0.140 e. The standard InChI is InChI=1S/C18H13ClN6/c1-22-10-14(18(21)11-2-3-13(7-20)23-8-11)12-6-16-15(24-9-12)4-5-17(19)25-16/h2-6,8-10,14,21H,1H3. The van der Waals surface area contributed by atoms with Crippen molar-refractivity contribution in [2.45, 2.75) is 5.92 Å². The van der Waals surface area contributed by atoms with Crippen LogP contribution in [0.5, 0.6) is 0 Å². The monoisotopic (exact) mass is 348 g/mol. The first kappa shape index (κ1) is 16.7. The Kier molecular flexibility index (Phi) is 4.78. The number of fused-ring (bicyclic) bond motifs is 1. The van der Waals surface area contributed by atoms with Crippen LogP contribution in [0.4, 0.5) is 0 Å². The molecule has 0 saturated heterocycles. The highest BCUT2D eigenvalue weighted by molar-refractivity contribution is 6.29. The average Bonchev–Trinajstić information content (AvgIpc) is 2.65.